The number of aliphatic carboxylic acids is 2. The Morgan fingerprint density at radius 3 is 1.33 bits per heavy atom. The molecule has 6 heteroatoms. The van der Waals surface area contributed by atoms with Crippen LogP contribution in [0, 0.1) is 11.8 Å². The van der Waals surface area contributed by atoms with Crippen LogP contribution in [0.15, 0.2) is 0 Å². The van der Waals surface area contributed by atoms with Crippen LogP contribution in [0.1, 0.15) is 33.1 Å². The first-order valence-electron chi connectivity index (χ1n) is 4.44. The summed E-state index contributed by atoms with van der Waals surface area (Å²) in [5.41, 5.74) is 0. The minimum absolute atomic E-state index is 0. The van der Waals surface area contributed by atoms with Gasteiger partial charge in [0.05, 0.1) is 0 Å². The van der Waals surface area contributed by atoms with E-state index < -0.39 is 23.8 Å². The Hall–Kier alpha value is 2.21. The summed E-state index contributed by atoms with van der Waals surface area (Å²) in [5, 5.41) is 21.0. The molecule has 0 amide bonds. The number of carboxylic acid groups (broad SMARTS) is 2. The van der Waals surface area contributed by atoms with Gasteiger partial charge in [-0.15, -0.1) is 0 Å². The standard InChI is InChI=1S/C9H16O4.2K/c1-3-6(8(10)11)5-7(4-2)9(12)13;;/h6-7H,3-5H2,1-2H3,(H,10,11)(H,12,13);;/q;2*+1/p-2. The molecule has 0 aliphatic rings. The van der Waals surface area contributed by atoms with Crippen molar-refractivity contribution >= 4 is 11.9 Å². The molecular formula is C9H14K2O4. The normalized spacial score (nSPS) is 12.9. The molecule has 0 N–H and O–H groups in total. The van der Waals surface area contributed by atoms with Gasteiger partial charge in [0.1, 0.15) is 0 Å². The van der Waals surface area contributed by atoms with Crippen molar-refractivity contribution in [2.75, 3.05) is 0 Å². The molecule has 15 heavy (non-hydrogen) atoms. The van der Waals surface area contributed by atoms with E-state index in [2.05, 4.69) is 0 Å². The predicted octanol–water partition coefficient (Wildman–Crippen LogP) is -7.06. The molecule has 0 saturated carbocycles. The second-order valence-electron chi connectivity index (χ2n) is 3.08. The van der Waals surface area contributed by atoms with Crippen molar-refractivity contribution < 1.29 is 123 Å². The van der Waals surface area contributed by atoms with Crippen LogP contribution in [0.5, 0.6) is 0 Å². The van der Waals surface area contributed by atoms with Crippen LogP contribution in [0.2, 0.25) is 0 Å². The molecule has 0 aromatic carbocycles. The second kappa shape index (κ2) is 12.7. The maximum absolute atomic E-state index is 10.5. The van der Waals surface area contributed by atoms with Crippen molar-refractivity contribution in [3.8, 4) is 0 Å². The average molecular weight is 264 g/mol. The number of hydrogen-bond donors (Lipinski definition) is 0. The Kier molecular flexibility index (Phi) is 18.9. The van der Waals surface area contributed by atoms with Gasteiger partial charge in [-0.3, -0.25) is 0 Å². The van der Waals surface area contributed by atoms with Gasteiger partial charge in [0.15, 0.2) is 0 Å². The molecule has 0 saturated heterocycles. The largest absolute Gasteiger partial charge is 1.00 e. The molecular weight excluding hydrogens is 250 g/mol. The van der Waals surface area contributed by atoms with Gasteiger partial charge in [-0.05, 0) is 31.1 Å². The van der Waals surface area contributed by atoms with E-state index in [9.17, 15) is 19.8 Å². The fraction of sp³-hybridized carbons (Fsp3) is 0.778. The van der Waals surface area contributed by atoms with Crippen LogP contribution >= 0.6 is 0 Å². The van der Waals surface area contributed by atoms with Crippen molar-refractivity contribution in [3.63, 3.8) is 0 Å². The average Bonchev–Trinajstić information content (AvgIpc) is 2.05. The van der Waals surface area contributed by atoms with Crippen molar-refractivity contribution in [3.05, 3.63) is 0 Å². The fourth-order valence-corrected chi connectivity index (χ4v) is 1.20. The molecule has 2 unspecified atom stereocenters. The SMILES string of the molecule is CCC(CC(CC)C(=O)[O-])C(=O)[O-].[K+].[K+]. The molecule has 0 aliphatic carbocycles. The van der Waals surface area contributed by atoms with E-state index in [1.54, 1.807) is 13.8 Å². The molecule has 0 aromatic rings. The van der Waals surface area contributed by atoms with Crippen molar-refractivity contribution in [1.82, 2.24) is 0 Å². The monoisotopic (exact) mass is 264 g/mol. The third-order valence-corrected chi connectivity index (χ3v) is 2.22. The summed E-state index contributed by atoms with van der Waals surface area (Å²) in [6.45, 7) is 3.39. The van der Waals surface area contributed by atoms with Crippen LogP contribution in [0.3, 0.4) is 0 Å². The van der Waals surface area contributed by atoms with E-state index in [0.717, 1.165) is 0 Å². The van der Waals surface area contributed by atoms with E-state index in [4.69, 9.17) is 0 Å². The molecule has 0 radical (unpaired) electrons. The molecule has 0 heterocycles. The summed E-state index contributed by atoms with van der Waals surface area (Å²) in [6, 6.07) is 0. The number of rotatable bonds is 6. The molecule has 76 valence electrons. The predicted molar refractivity (Wildman–Crippen MR) is 42.2 cm³/mol. The zero-order valence-corrected chi connectivity index (χ0v) is 16.2. The first-order chi connectivity index (χ1) is 6.02. The summed E-state index contributed by atoms with van der Waals surface area (Å²) in [6.07, 6.45) is 0.899. The molecule has 0 rings (SSSR count). The van der Waals surface area contributed by atoms with Gasteiger partial charge < -0.3 is 19.8 Å². The van der Waals surface area contributed by atoms with E-state index in [-0.39, 0.29) is 109 Å². The van der Waals surface area contributed by atoms with Gasteiger partial charge in [0.2, 0.25) is 0 Å². The van der Waals surface area contributed by atoms with Crippen LogP contribution in [-0.4, -0.2) is 11.9 Å². The van der Waals surface area contributed by atoms with Crippen molar-refractivity contribution in [2.24, 2.45) is 11.8 Å². The van der Waals surface area contributed by atoms with E-state index >= 15 is 0 Å². The molecule has 2 atom stereocenters. The van der Waals surface area contributed by atoms with Crippen LogP contribution in [0.25, 0.3) is 0 Å². The Bertz CT molecular complexity index is 177. The smallest absolute Gasteiger partial charge is 0.550 e. The Balaban J connectivity index is -0.000000720. The minimum Gasteiger partial charge on any atom is -0.550 e. The molecule has 0 aliphatic heterocycles. The number of carbonyl (C=O) groups is 2. The third-order valence-electron chi connectivity index (χ3n) is 2.22. The van der Waals surface area contributed by atoms with Gasteiger partial charge in [0, 0.05) is 11.9 Å². The van der Waals surface area contributed by atoms with E-state index in [1.807, 2.05) is 0 Å². The summed E-state index contributed by atoms with van der Waals surface area (Å²) < 4.78 is 0. The Morgan fingerprint density at radius 2 is 1.20 bits per heavy atom. The zero-order valence-electron chi connectivity index (χ0n) is 9.91. The maximum Gasteiger partial charge on any atom is 1.00 e. The van der Waals surface area contributed by atoms with Crippen LogP contribution in [-0.2, 0) is 9.59 Å². The Morgan fingerprint density at radius 1 is 0.933 bits per heavy atom. The molecule has 0 fully saturated rings. The minimum atomic E-state index is -1.18. The topological polar surface area (TPSA) is 80.3 Å². The second-order valence-corrected chi connectivity index (χ2v) is 3.08. The van der Waals surface area contributed by atoms with Crippen LogP contribution < -0.4 is 113 Å². The molecule has 4 nitrogen and oxygen atoms in total. The third kappa shape index (κ3) is 9.87. The van der Waals surface area contributed by atoms with Gasteiger partial charge in [-0.25, -0.2) is 0 Å². The van der Waals surface area contributed by atoms with Crippen LogP contribution in [0.4, 0.5) is 0 Å². The molecule has 0 spiro atoms. The van der Waals surface area contributed by atoms with Gasteiger partial charge >= 0.3 is 103 Å². The molecule has 0 aromatic heterocycles. The zero-order chi connectivity index (χ0) is 10.4. The van der Waals surface area contributed by atoms with Gasteiger partial charge in [-0.2, -0.15) is 0 Å². The first kappa shape index (κ1) is 22.4. The summed E-state index contributed by atoms with van der Waals surface area (Å²) in [7, 11) is 0. The Labute approximate surface area is 175 Å². The fourth-order valence-electron chi connectivity index (χ4n) is 1.20. The van der Waals surface area contributed by atoms with Crippen molar-refractivity contribution in [1.29, 1.82) is 0 Å². The maximum atomic E-state index is 10.5. The first-order valence-corrected chi connectivity index (χ1v) is 4.44. The van der Waals surface area contributed by atoms with Crippen molar-refractivity contribution in [2.45, 2.75) is 33.1 Å². The quantitative estimate of drug-likeness (QED) is 0.447. The number of carboxylic acids is 2. The summed E-state index contributed by atoms with van der Waals surface area (Å²) in [4.78, 5) is 21.0. The van der Waals surface area contributed by atoms with Gasteiger partial charge in [-0.1, -0.05) is 13.8 Å². The summed E-state index contributed by atoms with van der Waals surface area (Å²) >= 11 is 0. The molecule has 0 bridgehead atoms. The number of carbonyl (C=O) groups excluding carboxylic acids is 2. The van der Waals surface area contributed by atoms with E-state index in [1.165, 1.54) is 0 Å². The van der Waals surface area contributed by atoms with Gasteiger partial charge in [0.25, 0.3) is 0 Å². The summed E-state index contributed by atoms with van der Waals surface area (Å²) in [5.74, 6) is -3.71. The number of hydrogen-bond acceptors (Lipinski definition) is 4. The van der Waals surface area contributed by atoms with E-state index in [0.29, 0.717) is 12.8 Å².